The number of anilines is 3. The third-order valence-corrected chi connectivity index (χ3v) is 5.23. The third-order valence-electron chi connectivity index (χ3n) is 5.23. The van der Waals surface area contributed by atoms with E-state index in [4.69, 9.17) is 9.47 Å². The van der Waals surface area contributed by atoms with Gasteiger partial charge >= 0.3 is 5.97 Å². The van der Waals surface area contributed by atoms with E-state index in [1.54, 1.807) is 49.7 Å². The summed E-state index contributed by atoms with van der Waals surface area (Å²) in [5, 5.41) is 6.08. The monoisotopic (exact) mass is 429 g/mol. The summed E-state index contributed by atoms with van der Waals surface area (Å²) in [7, 11) is 2.92. The molecule has 2 aromatic heterocycles. The molecule has 1 amide bonds. The highest BCUT2D eigenvalue weighted by molar-refractivity contribution is 6.37. The van der Waals surface area contributed by atoms with Crippen LogP contribution in [-0.4, -0.2) is 41.0 Å². The van der Waals surface area contributed by atoms with E-state index >= 15 is 0 Å². The second-order valence-corrected chi connectivity index (χ2v) is 7.14. The van der Waals surface area contributed by atoms with Crippen molar-refractivity contribution in [2.75, 3.05) is 24.9 Å². The zero-order chi connectivity index (χ0) is 22.2. The first-order valence-corrected chi connectivity index (χ1v) is 9.80. The highest BCUT2D eigenvalue weighted by atomic mass is 16.5. The van der Waals surface area contributed by atoms with Gasteiger partial charge in [-0.3, -0.25) is 4.79 Å². The van der Waals surface area contributed by atoms with Crippen molar-refractivity contribution in [2.45, 2.75) is 0 Å². The van der Waals surface area contributed by atoms with Crippen molar-refractivity contribution in [3.05, 3.63) is 65.5 Å². The number of imidazole rings is 1. The van der Waals surface area contributed by atoms with Gasteiger partial charge in [0, 0.05) is 17.4 Å². The van der Waals surface area contributed by atoms with E-state index in [1.165, 1.54) is 7.11 Å². The van der Waals surface area contributed by atoms with Crippen molar-refractivity contribution in [3.63, 3.8) is 0 Å². The summed E-state index contributed by atoms with van der Waals surface area (Å²) in [6.07, 6.45) is 3.51. The molecule has 0 radical (unpaired) electrons. The largest absolute Gasteiger partial charge is 0.495 e. The number of esters is 1. The number of methoxy groups -OCH3 is 2. The Morgan fingerprint density at radius 3 is 2.66 bits per heavy atom. The van der Waals surface area contributed by atoms with Crippen LogP contribution >= 0.6 is 0 Å². The van der Waals surface area contributed by atoms with Crippen LogP contribution in [0.3, 0.4) is 0 Å². The number of aromatic nitrogens is 3. The maximum absolute atomic E-state index is 12.7. The molecule has 0 saturated carbocycles. The fourth-order valence-electron chi connectivity index (χ4n) is 3.70. The fraction of sp³-hybridized carbons (Fsp3) is 0.0870. The standard InChI is InChI=1S/C23H19N5O4/c1-31-18-9-10-24-17(18)11-14-19-15(26-21(14)29)7-8-16-20(19)28-23(27-16)25-13-5-3-12(4-6-13)22(30)32-2/h3-11,24H,1-2H3,(H,26,29)(H2,25,27,28)/b14-11-. The van der Waals surface area contributed by atoms with E-state index in [0.29, 0.717) is 39.7 Å². The molecule has 1 aliphatic rings. The van der Waals surface area contributed by atoms with Gasteiger partial charge in [0.05, 0.1) is 42.3 Å². The summed E-state index contributed by atoms with van der Waals surface area (Å²) >= 11 is 0. The van der Waals surface area contributed by atoms with Gasteiger partial charge in [-0.05, 0) is 48.5 Å². The number of amides is 1. The first-order valence-electron chi connectivity index (χ1n) is 9.80. The Morgan fingerprint density at radius 1 is 1.09 bits per heavy atom. The van der Waals surface area contributed by atoms with Gasteiger partial charge in [0.1, 0.15) is 11.3 Å². The number of H-pyrrole nitrogens is 2. The van der Waals surface area contributed by atoms with Crippen LogP contribution in [0.4, 0.5) is 17.3 Å². The van der Waals surface area contributed by atoms with E-state index in [2.05, 4.69) is 25.6 Å². The number of ether oxygens (including phenoxy) is 2. The summed E-state index contributed by atoms with van der Waals surface area (Å²) in [6.45, 7) is 0. The quantitative estimate of drug-likeness (QED) is 0.282. The normalized spacial score (nSPS) is 13.8. The lowest BCUT2D eigenvalue weighted by molar-refractivity contribution is -0.110. The van der Waals surface area contributed by atoms with Crippen LogP contribution in [-0.2, 0) is 9.53 Å². The van der Waals surface area contributed by atoms with Gasteiger partial charge in [0.2, 0.25) is 5.95 Å². The van der Waals surface area contributed by atoms with Crippen molar-refractivity contribution >= 4 is 51.9 Å². The van der Waals surface area contributed by atoms with Crippen LogP contribution in [0.5, 0.6) is 5.75 Å². The van der Waals surface area contributed by atoms with E-state index in [-0.39, 0.29) is 5.91 Å². The number of rotatable bonds is 5. The number of nitrogens with zero attached hydrogens (tertiary/aromatic N) is 1. The number of fused-ring (bicyclic) bond motifs is 3. The molecular formula is C23H19N5O4. The molecule has 0 saturated heterocycles. The topological polar surface area (TPSA) is 121 Å². The Bertz CT molecular complexity index is 1380. The number of carbonyl (C=O) groups excluding carboxylic acids is 2. The smallest absolute Gasteiger partial charge is 0.337 e. The van der Waals surface area contributed by atoms with Gasteiger partial charge in [-0.25, -0.2) is 9.78 Å². The zero-order valence-corrected chi connectivity index (χ0v) is 17.3. The van der Waals surface area contributed by atoms with Gasteiger partial charge in [0.25, 0.3) is 5.91 Å². The molecule has 0 unspecified atom stereocenters. The van der Waals surface area contributed by atoms with Crippen LogP contribution in [0.2, 0.25) is 0 Å². The molecule has 9 nitrogen and oxygen atoms in total. The number of aromatic amines is 2. The highest BCUT2D eigenvalue weighted by Gasteiger charge is 2.28. The molecule has 5 rings (SSSR count). The number of carbonyl (C=O) groups is 2. The molecule has 4 aromatic rings. The maximum Gasteiger partial charge on any atom is 0.337 e. The summed E-state index contributed by atoms with van der Waals surface area (Å²) in [5.41, 5.74) is 5.24. The SMILES string of the molecule is COC(=O)c1ccc(Nc2nc3c4c(ccc3[nH]2)NC(=O)/C4=C\c2[nH]ccc2OC)cc1. The average Bonchev–Trinajstić information content (AvgIpc) is 3.50. The number of hydrogen-bond acceptors (Lipinski definition) is 6. The van der Waals surface area contributed by atoms with Crippen LogP contribution < -0.4 is 15.4 Å². The van der Waals surface area contributed by atoms with Crippen LogP contribution in [0.25, 0.3) is 22.7 Å². The molecule has 160 valence electrons. The van der Waals surface area contributed by atoms with Gasteiger partial charge in [-0.2, -0.15) is 0 Å². The Hall–Kier alpha value is -4.53. The summed E-state index contributed by atoms with van der Waals surface area (Å²) in [5.74, 6) is 0.548. The molecule has 0 aliphatic carbocycles. The maximum atomic E-state index is 12.7. The van der Waals surface area contributed by atoms with Crippen LogP contribution in [0.15, 0.2) is 48.7 Å². The molecule has 0 fully saturated rings. The highest BCUT2D eigenvalue weighted by Crippen LogP contribution is 2.39. The van der Waals surface area contributed by atoms with Gasteiger partial charge in [-0.1, -0.05) is 0 Å². The predicted octanol–water partition coefficient (Wildman–Crippen LogP) is 3.92. The lowest BCUT2D eigenvalue weighted by Crippen LogP contribution is -2.03. The molecule has 4 N–H and O–H groups in total. The summed E-state index contributed by atoms with van der Waals surface area (Å²) < 4.78 is 10.1. The first kappa shape index (κ1) is 19.4. The van der Waals surface area contributed by atoms with E-state index in [9.17, 15) is 9.59 Å². The minimum absolute atomic E-state index is 0.208. The van der Waals surface area contributed by atoms with Crippen molar-refractivity contribution < 1.29 is 19.1 Å². The minimum Gasteiger partial charge on any atom is -0.495 e. The van der Waals surface area contributed by atoms with Crippen molar-refractivity contribution in [2.24, 2.45) is 0 Å². The van der Waals surface area contributed by atoms with Crippen molar-refractivity contribution in [1.29, 1.82) is 0 Å². The number of hydrogen-bond donors (Lipinski definition) is 4. The lowest BCUT2D eigenvalue weighted by Gasteiger charge is -2.04. The molecule has 1 aliphatic heterocycles. The second kappa shape index (κ2) is 7.62. The first-order chi connectivity index (χ1) is 15.6. The minimum atomic E-state index is -0.397. The van der Waals surface area contributed by atoms with Crippen molar-refractivity contribution in [1.82, 2.24) is 15.0 Å². The Balaban J connectivity index is 1.52. The van der Waals surface area contributed by atoms with E-state index in [0.717, 1.165) is 16.8 Å². The van der Waals surface area contributed by atoms with E-state index in [1.807, 2.05) is 12.1 Å². The Labute approximate surface area is 182 Å². The zero-order valence-electron chi connectivity index (χ0n) is 17.3. The molecular weight excluding hydrogens is 410 g/mol. The van der Waals surface area contributed by atoms with Crippen molar-refractivity contribution in [3.8, 4) is 5.75 Å². The average molecular weight is 429 g/mol. The fourth-order valence-corrected chi connectivity index (χ4v) is 3.70. The van der Waals surface area contributed by atoms with Gasteiger partial charge in [-0.15, -0.1) is 0 Å². The molecule has 32 heavy (non-hydrogen) atoms. The molecule has 0 spiro atoms. The second-order valence-electron chi connectivity index (χ2n) is 7.14. The Morgan fingerprint density at radius 2 is 1.91 bits per heavy atom. The van der Waals surface area contributed by atoms with E-state index < -0.39 is 5.97 Å². The molecule has 9 heteroatoms. The Kier molecular flexibility index (Phi) is 4.63. The third kappa shape index (κ3) is 3.25. The molecule has 3 heterocycles. The van der Waals surface area contributed by atoms with Gasteiger partial charge in [0.15, 0.2) is 0 Å². The van der Waals surface area contributed by atoms with Crippen LogP contribution in [0, 0.1) is 0 Å². The molecule has 0 atom stereocenters. The number of nitrogens with one attached hydrogen (secondary N) is 4. The van der Waals surface area contributed by atoms with Crippen LogP contribution in [0.1, 0.15) is 21.6 Å². The summed E-state index contributed by atoms with van der Waals surface area (Å²) in [4.78, 5) is 35.3. The lowest BCUT2D eigenvalue weighted by atomic mass is 10.0. The number of benzene rings is 2. The van der Waals surface area contributed by atoms with Gasteiger partial charge < -0.3 is 30.1 Å². The predicted molar refractivity (Wildman–Crippen MR) is 121 cm³/mol. The summed E-state index contributed by atoms with van der Waals surface area (Å²) in [6, 6.07) is 12.4. The molecule has 2 aromatic carbocycles. The molecule has 0 bridgehead atoms.